The largest absolute Gasteiger partial charge is 4.00 e. The number of hydrogen-bond donors (Lipinski definition) is 1. The van der Waals surface area contributed by atoms with E-state index in [9.17, 15) is 0 Å². The standard InChI is InChI=1S/C34H41N8.C13H7N2.Pt/c1-21(2)25-16-29(22(3)4)31(30(17-25)23(5)6)26-14-27(39-19-40(8)32-24(7)35-10-11-36-32)18-28(15-26)42-20-41(9)33-34(42)38-13-12-37-33;14-8-9-5-6-13-11(7-9)10-3-1-2-4-12(10)15-13;/h10-17,19-23,39H,1-9H3;1-7H;/q-3;-1;+4. The number of nitrogens with one attached hydrogen (secondary N) is 1. The van der Waals surface area contributed by atoms with Gasteiger partial charge in [0.15, 0.2) is 0 Å². The Morgan fingerprint density at radius 3 is 2.14 bits per heavy atom. The zero-order valence-electron chi connectivity index (χ0n) is 34.4. The van der Waals surface area contributed by atoms with Gasteiger partial charge in [-0.1, -0.05) is 84.0 Å². The number of fused-ring (bicyclic) bond motifs is 4. The van der Waals surface area contributed by atoms with E-state index in [4.69, 9.17) is 5.26 Å². The minimum absolute atomic E-state index is 0. The molecule has 0 bridgehead atoms. The second kappa shape index (κ2) is 17.8. The first-order valence-electron chi connectivity index (χ1n) is 19.3. The number of nitriles is 1. The number of benzene rings is 4. The van der Waals surface area contributed by atoms with Gasteiger partial charge in [-0.05, 0) is 83.9 Å². The maximum absolute atomic E-state index is 8.84. The molecule has 3 aromatic heterocycles. The summed E-state index contributed by atoms with van der Waals surface area (Å²) in [5.74, 6) is 3.53. The van der Waals surface area contributed by atoms with Gasteiger partial charge in [-0.3, -0.25) is 4.98 Å². The van der Waals surface area contributed by atoms with Gasteiger partial charge in [-0.25, -0.2) is 15.0 Å². The zero-order valence-corrected chi connectivity index (χ0v) is 36.7. The fourth-order valence-corrected chi connectivity index (χ4v) is 7.22. The summed E-state index contributed by atoms with van der Waals surface area (Å²) in [6, 6.07) is 28.5. The van der Waals surface area contributed by atoms with E-state index in [0.29, 0.717) is 23.3 Å². The van der Waals surface area contributed by atoms with Gasteiger partial charge in [0.05, 0.1) is 17.3 Å². The molecule has 11 heteroatoms. The molecule has 0 atom stereocenters. The van der Waals surface area contributed by atoms with E-state index < -0.39 is 0 Å². The molecule has 0 radical (unpaired) electrons. The van der Waals surface area contributed by atoms with Crippen LogP contribution in [0.2, 0.25) is 0 Å². The van der Waals surface area contributed by atoms with Crippen LogP contribution >= 0.6 is 0 Å². The average Bonchev–Trinajstić information content (AvgIpc) is 3.76. The minimum Gasteiger partial charge on any atom is -0.657 e. The van der Waals surface area contributed by atoms with Crippen LogP contribution in [0, 0.1) is 37.7 Å². The van der Waals surface area contributed by atoms with Gasteiger partial charge < -0.3 is 25.0 Å². The molecule has 7 aromatic rings. The van der Waals surface area contributed by atoms with Gasteiger partial charge in [-0.2, -0.15) is 11.9 Å². The topological polar surface area (TPSA) is 111 Å². The van der Waals surface area contributed by atoms with Crippen molar-refractivity contribution in [2.24, 2.45) is 0 Å². The molecule has 4 aromatic carbocycles. The van der Waals surface area contributed by atoms with Gasteiger partial charge >= 0.3 is 21.1 Å². The number of hydrogen-bond acceptors (Lipinski definition) is 9. The van der Waals surface area contributed by atoms with Crippen LogP contribution in [-0.4, -0.2) is 34.0 Å². The van der Waals surface area contributed by atoms with Crippen LogP contribution < -0.4 is 25.0 Å². The van der Waals surface area contributed by atoms with E-state index in [1.54, 1.807) is 30.9 Å². The van der Waals surface area contributed by atoms with Gasteiger partial charge in [0.1, 0.15) is 17.5 Å². The predicted molar refractivity (Wildman–Crippen MR) is 232 cm³/mol. The Kier molecular flexibility index (Phi) is 12.8. The Balaban J connectivity index is 0.000000294. The summed E-state index contributed by atoms with van der Waals surface area (Å²) in [7, 11) is 3.95. The molecule has 0 fully saturated rings. The fourth-order valence-electron chi connectivity index (χ4n) is 7.22. The normalized spacial score (nSPS) is 12.1. The number of rotatable bonds is 9. The number of aryl methyl sites for hydroxylation is 1. The molecule has 4 heterocycles. The molecule has 0 aliphatic carbocycles. The first-order valence-corrected chi connectivity index (χ1v) is 19.3. The maximum Gasteiger partial charge on any atom is 4.00 e. The molecule has 0 amide bonds. The quantitative estimate of drug-likeness (QED) is 0.140. The average molecular weight is 948 g/mol. The predicted octanol–water partition coefficient (Wildman–Crippen LogP) is 10.6. The van der Waals surface area contributed by atoms with E-state index in [1.165, 1.54) is 22.3 Å². The van der Waals surface area contributed by atoms with Crippen molar-refractivity contribution in [3.8, 4) is 17.2 Å². The molecule has 1 aliphatic heterocycles. The van der Waals surface area contributed by atoms with Crippen molar-refractivity contribution in [2.45, 2.75) is 66.2 Å². The molecule has 0 spiro atoms. The summed E-state index contributed by atoms with van der Waals surface area (Å²) in [6.45, 7) is 19.5. The Bertz CT molecular complexity index is 2560. The molecule has 0 saturated carbocycles. The van der Waals surface area contributed by atoms with Crippen molar-refractivity contribution < 1.29 is 21.1 Å². The maximum atomic E-state index is 8.84. The monoisotopic (exact) mass is 947 g/mol. The van der Waals surface area contributed by atoms with E-state index in [2.05, 4.69) is 113 Å². The Hall–Kier alpha value is -5.78. The Morgan fingerprint density at radius 2 is 1.47 bits per heavy atom. The Labute approximate surface area is 356 Å². The molecule has 296 valence electrons. The van der Waals surface area contributed by atoms with Gasteiger partial charge in [-0.15, -0.1) is 52.8 Å². The third-order valence-corrected chi connectivity index (χ3v) is 10.2. The molecule has 0 saturated heterocycles. The third kappa shape index (κ3) is 8.56. The summed E-state index contributed by atoms with van der Waals surface area (Å²) in [5, 5.41) is 14.5. The van der Waals surface area contributed by atoms with E-state index >= 15 is 0 Å². The molecule has 1 aliphatic rings. The van der Waals surface area contributed by atoms with Crippen LogP contribution in [0.25, 0.3) is 32.9 Å². The van der Waals surface area contributed by atoms with Crippen molar-refractivity contribution in [1.29, 1.82) is 5.26 Å². The fraction of sp³-hybridized carbons (Fsp3) is 0.255. The number of aromatic nitrogens is 5. The molecule has 8 rings (SSSR count). The zero-order chi connectivity index (χ0) is 40.4. The smallest absolute Gasteiger partial charge is 0.657 e. The first-order chi connectivity index (χ1) is 27.4. The second-order valence-electron chi connectivity index (χ2n) is 15.3. The van der Waals surface area contributed by atoms with Crippen molar-refractivity contribution in [1.82, 2.24) is 24.9 Å². The van der Waals surface area contributed by atoms with Crippen LogP contribution in [0.15, 0.2) is 91.5 Å². The van der Waals surface area contributed by atoms with E-state index in [-0.39, 0.29) is 21.1 Å². The molecule has 1 N–H and O–H groups in total. The summed E-state index contributed by atoms with van der Waals surface area (Å²) >= 11 is 0. The van der Waals surface area contributed by atoms with Crippen LogP contribution in [0.5, 0.6) is 0 Å². The van der Waals surface area contributed by atoms with Gasteiger partial charge in [0.25, 0.3) is 0 Å². The summed E-state index contributed by atoms with van der Waals surface area (Å²) < 4.78 is 0. The molecular weight excluding hydrogens is 900 g/mol. The third-order valence-electron chi connectivity index (χ3n) is 10.2. The number of anilines is 5. The SMILES string of the molecule is Cc1nccnc1N(C)[CH-]Nc1[c-]c(N2[CH-]N(C)c3nccnc32)cc(-c2c(C(C)C)cc(C(C)C)cc2C(C)C)c1.N#Cc1ccc2[n-]c3ccccc3c2c1.[Pt+4]. The van der Waals surface area contributed by atoms with Crippen molar-refractivity contribution in [2.75, 3.05) is 34.1 Å². The summed E-state index contributed by atoms with van der Waals surface area (Å²) in [4.78, 5) is 28.6. The Morgan fingerprint density at radius 1 is 0.810 bits per heavy atom. The van der Waals surface area contributed by atoms with Crippen LogP contribution in [-0.2, 0) is 21.1 Å². The minimum atomic E-state index is 0. The number of para-hydroxylation sites is 1. The van der Waals surface area contributed by atoms with E-state index in [0.717, 1.165) is 61.9 Å². The molecule has 0 unspecified atom stereocenters. The van der Waals surface area contributed by atoms with E-state index in [1.807, 2.05) is 80.6 Å². The van der Waals surface area contributed by atoms with Gasteiger partial charge in [0.2, 0.25) is 0 Å². The molecule has 58 heavy (non-hydrogen) atoms. The van der Waals surface area contributed by atoms with Crippen LogP contribution in [0.4, 0.5) is 28.8 Å². The second-order valence-corrected chi connectivity index (χ2v) is 15.3. The van der Waals surface area contributed by atoms with Crippen molar-refractivity contribution in [3.05, 3.63) is 139 Å². The summed E-state index contributed by atoms with van der Waals surface area (Å²) in [6.07, 6.45) is 6.86. The number of nitrogens with zero attached hydrogens (tertiary/aromatic N) is 9. The van der Waals surface area contributed by atoms with Gasteiger partial charge in [0, 0.05) is 24.8 Å². The molecule has 10 nitrogen and oxygen atoms in total. The van der Waals surface area contributed by atoms with Crippen LogP contribution in [0.3, 0.4) is 0 Å². The van der Waals surface area contributed by atoms with Crippen molar-refractivity contribution >= 4 is 50.6 Å². The van der Waals surface area contributed by atoms with Crippen molar-refractivity contribution in [3.63, 3.8) is 0 Å². The van der Waals surface area contributed by atoms with Crippen LogP contribution in [0.1, 0.15) is 87.2 Å². The first kappa shape index (κ1) is 41.8. The summed E-state index contributed by atoms with van der Waals surface area (Å²) in [5.41, 5.74) is 11.7. The molecular formula is C47H48N10Pt.